The molecule has 0 atom stereocenters. The highest BCUT2D eigenvalue weighted by molar-refractivity contribution is 5.76. The van der Waals surface area contributed by atoms with E-state index in [4.69, 9.17) is 5.73 Å². The van der Waals surface area contributed by atoms with Crippen molar-refractivity contribution < 1.29 is 4.79 Å². The lowest BCUT2D eigenvalue weighted by Gasteiger charge is -2.07. The van der Waals surface area contributed by atoms with Gasteiger partial charge >= 0.3 is 0 Å². The van der Waals surface area contributed by atoms with Crippen LogP contribution in [0.25, 0.3) is 0 Å². The number of aryl methyl sites for hydroxylation is 2. The molecule has 0 heterocycles. The Morgan fingerprint density at radius 2 is 1.81 bits per heavy atom. The van der Waals surface area contributed by atoms with Gasteiger partial charge < -0.3 is 11.1 Å². The van der Waals surface area contributed by atoms with Gasteiger partial charge in [-0.3, -0.25) is 4.79 Å². The van der Waals surface area contributed by atoms with E-state index in [0.717, 1.165) is 29.7 Å². The average Bonchev–Trinajstić information content (AvgIpc) is 2.49. The number of hydrogen-bond donors (Lipinski definition) is 2. The normalized spacial score (nSPS) is 10.3. The molecule has 0 bridgehead atoms. The molecule has 0 aliphatic carbocycles. The first kappa shape index (κ1) is 15.1. The number of carbonyl (C=O) groups excluding carboxylic acids is 1. The van der Waals surface area contributed by atoms with E-state index in [1.165, 1.54) is 5.56 Å². The van der Waals surface area contributed by atoms with E-state index in [0.29, 0.717) is 13.0 Å². The summed E-state index contributed by atoms with van der Waals surface area (Å²) >= 11 is 0. The fourth-order valence-electron chi connectivity index (χ4n) is 2.18. The van der Waals surface area contributed by atoms with Crippen LogP contribution in [0.2, 0.25) is 0 Å². The molecule has 1 amide bonds. The zero-order valence-electron chi connectivity index (χ0n) is 12.4. The van der Waals surface area contributed by atoms with Crippen molar-refractivity contribution in [3.8, 4) is 0 Å². The Morgan fingerprint density at radius 3 is 2.52 bits per heavy atom. The lowest BCUT2D eigenvalue weighted by atomic mass is 10.1. The number of nitrogens with two attached hydrogens (primary N) is 1. The van der Waals surface area contributed by atoms with Crippen molar-refractivity contribution in [3.63, 3.8) is 0 Å². The van der Waals surface area contributed by atoms with Crippen LogP contribution < -0.4 is 11.1 Å². The van der Waals surface area contributed by atoms with Gasteiger partial charge in [0.25, 0.3) is 0 Å². The second kappa shape index (κ2) is 7.48. The zero-order chi connectivity index (χ0) is 15.1. The summed E-state index contributed by atoms with van der Waals surface area (Å²) in [7, 11) is 0. The topological polar surface area (TPSA) is 55.1 Å². The maximum atomic E-state index is 11.8. The van der Waals surface area contributed by atoms with Crippen LogP contribution in [0.15, 0.2) is 48.5 Å². The van der Waals surface area contributed by atoms with Crippen LogP contribution in [0, 0.1) is 6.92 Å². The monoisotopic (exact) mass is 282 g/mol. The van der Waals surface area contributed by atoms with Crippen molar-refractivity contribution in [1.29, 1.82) is 0 Å². The minimum atomic E-state index is 0.0880. The minimum Gasteiger partial charge on any atom is -0.399 e. The van der Waals surface area contributed by atoms with Gasteiger partial charge in [-0.15, -0.1) is 0 Å². The smallest absolute Gasteiger partial charge is 0.220 e. The van der Waals surface area contributed by atoms with Crippen LogP contribution in [0.5, 0.6) is 0 Å². The molecular formula is C18H22N2O. The van der Waals surface area contributed by atoms with Gasteiger partial charge in [-0.25, -0.2) is 0 Å². The Morgan fingerprint density at radius 1 is 1.05 bits per heavy atom. The van der Waals surface area contributed by atoms with E-state index in [1.807, 2.05) is 43.3 Å². The fraction of sp³-hybridized carbons (Fsp3) is 0.278. The molecule has 0 aliphatic rings. The lowest BCUT2D eigenvalue weighted by Crippen LogP contribution is -2.25. The second-order valence-electron chi connectivity index (χ2n) is 5.28. The second-order valence-corrected chi connectivity index (χ2v) is 5.28. The predicted octanol–water partition coefficient (Wildman–Crippen LogP) is 2.87. The number of benzene rings is 2. The fourth-order valence-corrected chi connectivity index (χ4v) is 2.18. The van der Waals surface area contributed by atoms with E-state index in [9.17, 15) is 4.79 Å². The maximum absolute atomic E-state index is 11.8. The minimum absolute atomic E-state index is 0.0880. The molecule has 0 unspecified atom stereocenters. The highest BCUT2D eigenvalue weighted by Gasteiger charge is 2.03. The van der Waals surface area contributed by atoms with E-state index in [1.54, 1.807) is 0 Å². The van der Waals surface area contributed by atoms with Gasteiger partial charge in [-0.05, 0) is 42.5 Å². The number of nitrogen functional groups attached to an aromatic ring is 1. The first-order valence-electron chi connectivity index (χ1n) is 7.31. The third-order valence-electron chi connectivity index (χ3n) is 3.56. The number of amides is 1. The number of hydrogen-bond acceptors (Lipinski definition) is 2. The first-order valence-corrected chi connectivity index (χ1v) is 7.31. The number of carbonyl (C=O) groups is 1. The van der Waals surface area contributed by atoms with Gasteiger partial charge in [0, 0.05) is 18.7 Å². The van der Waals surface area contributed by atoms with Crippen molar-refractivity contribution in [3.05, 3.63) is 65.2 Å². The predicted molar refractivity (Wildman–Crippen MR) is 87.1 cm³/mol. The third kappa shape index (κ3) is 4.95. The number of nitrogens with one attached hydrogen (secondary N) is 1. The van der Waals surface area contributed by atoms with Crippen molar-refractivity contribution >= 4 is 11.6 Å². The molecule has 0 saturated heterocycles. The molecular weight excluding hydrogens is 260 g/mol. The van der Waals surface area contributed by atoms with E-state index < -0.39 is 0 Å². The summed E-state index contributed by atoms with van der Waals surface area (Å²) in [6.07, 6.45) is 2.09. The van der Waals surface area contributed by atoms with Crippen molar-refractivity contribution in [2.75, 3.05) is 12.3 Å². The molecule has 0 spiro atoms. The van der Waals surface area contributed by atoms with Gasteiger partial charge in [0.2, 0.25) is 5.91 Å². The molecule has 3 heteroatoms. The van der Waals surface area contributed by atoms with Gasteiger partial charge in [-0.2, -0.15) is 0 Å². The van der Waals surface area contributed by atoms with E-state index in [2.05, 4.69) is 17.4 Å². The maximum Gasteiger partial charge on any atom is 0.220 e. The molecule has 0 aliphatic heterocycles. The Kier molecular flexibility index (Phi) is 5.38. The van der Waals surface area contributed by atoms with Gasteiger partial charge in [0.05, 0.1) is 0 Å². The first-order chi connectivity index (χ1) is 10.1. The molecule has 21 heavy (non-hydrogen) atoms. The molecule has 3 N–H and O–H groups in total. The van der Waals surface area contributed by atoms with Crippen molar-refractivity contribution in [1.82, 2.24) is 5.32 Å². The van der Waals surface area contributed by atoms with Crippen LogP contribution >= 0.6 is 0 Å². The summed E-state index contributed by atoms with van der Waals surface area (Å²) in [5.41, 5.74) is 10.1. The summed E-state index contributed by atoms with van der Waals surface area (Å²) in [5, 5.41) is 2.96. The zero-order valence-corrected chi connectivity index (χ0v) is 12.4. The SMILES string of the molecule is Cc1ccc(CCC(=O)NCCc2ccccc2)cc1N. The Labute approximate surface area is 126 Å². The molecule has 0 radical (unpaired) electrons. The molecule has 110 valence electrons. The van der Waals surface area contributed by atoms with Gasteiger partial charge in [-0.1, -0.05) is 42.5 Å². The van der Waals surface area contributed by atoms with Crippen LogP contribution in [-0.2, 0) is 17.6 Å². The molecule has 2 aromatic rings. The largest absolute Gasteiger partial charge is 0.399 e. The molecule has 2 aromatic carbocycles. The van der Waals surface area contributed by atoms with Crippen LogP contribution in [0.4, 0.5) is 5.69 Å². The summed E-state index contributed by atoms with van der Waals surface area (Å²) < 4.78 is 0. The van der Waals surface area contributed by atoms with E-state index >= 15 is 0 Å². The van der Waals surface area contributed by atoms with Crippen molar-refractivity contribution in [2.45, 2.75) is 26.2 Å². The average molecular weight is 282 g/mol. The summed E-state index contributed by atoms with van der Waals surface area (Å²) in [6.45, 7) is 2.66. The summed E-state index contributed by atoms with van der Waals surface area (Å²) in [6, 6.07) is 16.1. The van der Waals surface area contributed by atoms with Gasteiger partial charge in [0.15, 0.2) is 0 Å². The molecule has 3 nitrogen and oxygen atoms in total. The summed E-state index contributed by atoms with van der Waals surface area (Å²) in [4.78, 5) is 11.8. The van der Waals surface area contributed by atoms with Crippen LogP contribution in [0.3, 0.4) is 0 Å². The van der Waals surface area contributed by atoms with Crippen LogP contribution in [-0.4, -0.2) is 12.5 Å². The summed E-state index contributed by atoms with van der Waals surface area (Å²) in [5.74, 6) is 0.0880. The highest BCUT2D eigenvalue weighted by atomic mass is 16.1. The molecule has 2 rings (SSSR count). The molecule has 0 fully saturated rings. The number of rotatable bonds is 6. The lowest BCUT2D eigenvalue weighted by molar-refractivity contribution is -0.121. The van der Waals surface area contributed by atoms with Gasteiger partial charge in [0.1, 0.15) is 0 Å². The quantitative estimate of drug-likeness (QED) is 0.800. The highest BCUT2D eigenvalue weighted by Crippen LogP contribution is 2.14. The molecule has 0 aromatic heterocycles. The van der Waals surface area contributed by atoms with Crippen LogP contribution in [0.1, 0.15) is 23.1 Å². The van der Waals surface area contributed by atoms with E-state index in [-0.39, 0.29) is 5.91 Å². The third-order valence-corrected chi connectivity index (χ3v) is 3.56. The molecule has 0 saturated carbocycles. The Bertz CT molecular complexity index is 593. The Hall–Kier alpha value is -2.29. The standard InChI is InChI=1S/C18H22N2O/c1-14-7-8-16(13-17(14)19)9-10-18(21)20-12-11-15-5-3-2-4-6-15/h2-8,13H,9-12,19H2,1H3,(H,20,21). The van der Waals surface area contributed by atoms with Crippen molar-refractivity contribution in [2.24, 2.45) is 0 Å². The number of anilines is 1. The Balaban J connectivity index is 1.71.